The van der Waals surface area contributed by atoms with Crippen LogP contribution in [-0.2, 0) is 0 Å². The van der Waals surface area contributed by atoms with E-state index in [1.165, 1.54) is 19.3 Å². The molecule has 1 N–H and O–H groups in total. The molecule has 104 valence electrons. The third-order valence-electron chi connectivity index (χ3n) is 4.06. The molecule has 1 heterocycles. The Balaban J connectivity index is 2.02. The van der Waals surface area contributed by atoms with Crippen LogP contribution in [-0.4, -0.2) is 16.9 Å². The van der Waals surface area contributed by atoms with Crippen LogP contribution in [0.5, 0.6) is 0 Å². The molecule has 1 aromatic rings. The fraction of sp³-hybridized carbons (Fsp3) is 0.625. The fourth-order valence-corrected chi connectivity index (χ4v) is 2.76. The molecule has 1 amide bonds. The number of carbonyl (C=O) groups excluding carboxylic acids is 1. The van der Waals surface area contributed by atoms with Crippen LogP contribution in [0.2, 0.25) is 0 Å². The maximum atomic E-state index is 12.3. The fourth-order valence-electron chi connectivity index (χ4n) is 2.76. The molecular formula is C16H24N2O. The number of amides is 1. The molecule has 1 unspecified atom stereocenters. The third-order valence-corrected chi connectivity index (χ3v) is 4.06. The largest absolute Gasteiger partial charge is 0.349 e. The molecule has 1 aliphatic rings. The lowest BCUT2D eigenvalue weighted by molar-refractivity contribution is 0.0932. The quantitative estimate of drug-likeness (QED) is 0.828. The Hall–Kier alpha value is -1.38. The van der Waals surface area contributed by atoms with Crippen molar-refractivity contribution in [3.05, 3.63) is 29.1 Å². The molecule has 0 spiro atoms. The molecular weight excluding hydrogens is 236 g/mol. The van der Waals surface area contributed by atoms with Gasteiger partial charge in [0.25, 0.3) is 5.91 Å². The van der Waals surface area contributed by atoms with Gasteiger partial charge in [0.1, 0.15) is 0 Å². The zero-order chi connectivity index (χ0) is 13.8. The van der Waals surface area contributed by atoms with E-state index in [1.807, 2.05) is 19.9 Å². The van der Waals surface area contributed by atoms with Gasteiger partial charge in [-0.05, 0) is 50.7 Å². The molecule has 2 rings (SSSR count). The number of rotatable bonds is 2. The SMILES string of the molecule is Cc1cnc(C)c(C(=O)NC2CCC[C@H](C)CC2)c1. The minimum Gasteiger partial charge on any atom is -0.349 e. The summed E-state index contributed by atoms with van der Waals surface area (Å²) in [5, 5.41) is 3.18. The second-order valence-corrected chi connectivity index (χ2v) is 5.93. The van der Waals surface area contributed by atoms with Gasteiger partial charge in [-0.3, -0.25) is 9.78 Å². The Bertz CT molecular complexity index is 456. The zero-order valence-corrected chi connectivity index (χ0v) is 12.2. The molecule has 0 bridgehead atoms. The van der Waals surface area contributed by atoms with Crippen molar-refractivity contribution < 1.29 is 4.79 Å². The Morgan fingerprint density at radius 3 is 2.84 bits per heavy atom. The van der Waals surface area contributed by atoms with Gasteiger partial charge in [0.15, 0.2) is 0 Å². The van der Waals surface area contributed by atoms with E-state index in [4.69, 9.17) is 0 Å². The van der Waals surface area contributed by atoms with Gasteiger partial charge in [0.2, 0.25) is 0 Å². The van der Waals surface area contributed by atoms with Gasteiger partial charge in [-0.2, -0.15) is 0 Å². The summed E-state index contributed by atoms with van der Waals surface area (Å²) in [7, 11) is 0. The Labute approximate surface area is 115 Å². The van der Waals surface area contributed by atoms with E-state index in [0.29, 0.717) is 6.04 Å². The Morgan fingerprint density at radius 1 is 1.26 bits per heavy atom. The third kappa shape index (κ3) is 3.79. The van der Waals surface area contributed by atoms with E-state index in [-0.39, 0.29) is 5.91 Å². The number of hydrogen-bond acceptors (Lipinski definition) is 2. The smallest absolute Gasteiger partial charge is 0.253 e. The summed E-state index contributed by atoms with van der Waals surface area (Å²) in [5.41, 5.74) is 2.56. The van der Waals surface area contributed by atoms with Crippen molar-refractivity contribution in [2.75, 3.05) is 0 Å². The summed E-state index contributed by atoms with van der Waals surface area (Å²) in [6.45, 7) is 6.17. The van der Waals surface area contributed by atoms with Gasteiger partial charge in [0.05, 0.1) is 5.56 Å². The number of nitrogens with one attached hydrogen (secondary N) is 1. The van der Waals surface area contributed by atoms with Crippen LogP contribution in [0.4, 0.5) is 0 Å². The summed E-state index contributed by atoms with van der Waals surface area (Å²) in [4.78, 5) is 16.6. The van der Waals surface area contributed by atoms with Crippen molar-refractivity contribution in [1.29, 1.82) is 0 Å². The lowest BCUT2D eigenvalue weighted by Gasteiger charge is -2.17. The number of aromatic nitrogens is 1. The average molecular weight is 260 g/mol. The number of carbonyl (C=O) groups is 1. The summed E-state index contributed by atoms with van der Waals surface area (Å²) in [6.07, 6.45) is 7.74. The predicted octanol–water partition coefficient (Wildman–Crippen LogP) is 3.40. The zero-order valence-electron chi connectivity index (χ0n) is 12.2. The van der Waals surface area contributed by atoms with E-state index in [1.54, 1.807) is 6.20 Å². The molecule has 19 heavy (non-hydrogen) atoms. The summed E-state index contributed by atoms with van der Waals surface area (Å²) in [5.74, 6) is 0.831. The minimum atomic E-state index is 0.0354. The molecule has 0 aromatic carbocycles. The normalized spacial score (nSPS) is 23.7. The Kier molecular flexibility index (Phi) is 4.56. The van der Waals surface area contributed by atoms with Crippen molar-refractivity contribution >= 4 is 5.91 Å². The molecule has 3 heteroatoms. The molecule has 3 nitrogen and oxygen atoms in total. The Morgan fingerprint density at radius 2 is 2.05 bits per heavy atom. The summed E-state index contributed by atoms with van der Waals surface area (Å²) >= 11 is 0. The van der Waals surface area contributed by atoms with E-state index in [2.05, 4.69) is 17.2 Å². The predicted molar refractivity (Wildman–Crippen MR) is 77.2 cm³/mol. The number of aryl methyl sites for hydroxylation is 2. The number of pyridine rings is 1. The van der Waals surface area contributed by atoms with Crippen molar-refractivity contribution in [2.45, 2.75) is 58.9 Å². The van der Waals surface area contributed by atoms with Gasteiger partial charge in [-0.15, -0.1) is 0 Å². The molecule has 0 saturated heterocycles. The first-order valence-electron chi connectivity index (χ1n) is 7.30. The van der Waals surface area contributed by atoms with Gasteiger partial charge in [-0.25, -0.2) is 0 Å². The van der Waals surface area contributed by atoms with Crippen LogP contribution >= 0.6 is 0 Å². The second kappa shape index (κ2) is 6.18. The maximum absolute atomic E-state index is 12.3. The van der Waals surface area contributed by atoms with Gasteiger partial charge >= 0.3 is 0 Å². The maximum Gasteiger partial charge on any atom is 0.253 e. The standard InChI is InChI=1S/C16H24N2O/c1-11-5-4-6-14(8-7-11)18-16(19)15-9-12(2)10-17-13(15)3/h9-11,14H,4-8H2,1-3H3,(H,18,19)/t11-,14?/m0/s1. The summed E-state index contributed by atoms with van der Waals surface area (Å²) < 4.78 is 0. The first-order chi connectivity index (χ1) is 9.06. The highest BCUT2D eigenvalue weighted by atomic mass is 16.1. The van der Waals surface area contributed by atoms with Crippen molar-refractivity contribution in [1.82, 2.24) is 10.3 Å². The van der Waals surface area contributed by atoms with Gasteiger partial charge < -0.3 is 5.32 Å². The van der Waals surface area contributed by atoms with E-state index in [0.717, 1.165) is 35.6 Å². The first-order valence-corrected chi connectivity index (χ1v) is 7.30. The summed E-state index contributed by atoms with van der Waals surface area (Å²) in [6, 6.07) is 2.26. The molecule has 1 aliphatic carbocycles. The van der Waals surface area contributed by atoms with Gasteiger partial charge in [0, 0.05) is 17.9 Å². The highest BCUT2D eigenvalue weighted by Gasteiger charge is 2.19. The van der Waals surface area contributed by atoms with Crippen molar-refractivity contribution in [2.24, 2.45) is 5.92 Å². The topological polar surface area (TPSA) is 42.0 Å². The number of nitrogens with zero attached hydrogens (tertiary/aromatic N) is 1. The van der Waals surface area contributed by atoms with Crippen LogP contribution in [0.3, 0.4) is 0 Å². The van der Waals surface area contributed by atoms with Gasteiger partial charge in [-0.1, -0.05) is 19.8 Å². The monoisotopic (exact) mass is 260 g/mol. The lowest BCUT2D eigenvalue weighted by atomic mass is 10.0. The van der Waals surface area contributed by atoms with Crippen molar-refractivity contribution in [3.63, 3.8) is 0 Å². The highest BCUT2D eigenvalue weighted by Crippen LogP contribution is 2.23. The molecule has 2 atom stereocenters. The second-order valence-electron chi connectivity index (χ2n) is 5.93. The molecule has 1 fully saturated rings. The van der Waals surface area contributed by atoms with Crippen LogP contribution in [0.1, 0.15) is 60.6 Å². The molecule has 1 saturated carbocycles. The van der Waals surface area contributed by atoms with Crippen LogP contribution in [0, 0.1) is 19.8 Å². The molecule has 0 aliphatic heterocycles. The van der Waals surface area contributed by atoms with Crippen LogP contribution in [0.15, 0.2) is 12.3 Å². The van der Waals surface area contributed by atoms with E-state index in [9.17, 15) is 4.79 Å². The molecule has 0 radical (unpaired) electrons. The van der Waals surface area contributed by atoms with Crippen molar-refractivity contribution in [3.8, 4) is 0 Å². The molecule has 1 aromatic heterocycles. The van der Waals surface area contributed by atoms with Crippen LogP contribution < -0.4 is 5.32 Å². The van der Waals surface area contributed by atoms with E-state index >= 15 is 0 Å². The number of hydrogen-bond donors (Lipinski definition) is 1. The van der Waals surface area contributed by atoms with Crippen LogP contribution in [0.25, 0.3) is 0 Å². The highest BCUT2D eigenvalue weighted by molar-refractivity contribution is 5.95. The van der Waals surface area contributed by atoms with E-state index < -0.39 is 0 Å². The minimum absolute atomic E-state index is 0.0354. The average Bonchev–Trinajstić information content (AvgIpc) is 2.57. The first kappa shape index (κ1) is 14.0. The lowest BCUT2D eigenvalue weighted by Crippen LogP contribution is -2.35.